The van der Waals surface area contributed by atoms with Gasteiger partial charge in [0.15, 0.2) is 6.10 Å². The summed E-state index contributed by atoms with van der Waals surface area (Å²) in [5.74, 6) is -0.865. The number of rotatable bonds is 60. The Balaban J connectivity index is 4.10. The molecule has 0 N–H and O–H groups in total. The molecule has 0 aliphatic heterocycles. The normalized spacial score (nSPS) is 14.3. The maximum absolute atomic E-state index is 12.9. The molecule has 0 saturated heterocycles. The molecular formula is C76H124NO8P. The summed E-state index contributed by atoms with van der Waals surface area (Å²) < 4.78 is 34.2. The van der Waals surface area contributed by atoms with E-state index in [1.165, 1.54) is 64.2 Å². The van der Waals surface area contributed by atoms with E-state index in [0.29, 0.717) is 23.9 Å². The van der Waals surface area contributed by atoms with Crippen molar-refractivity contribution in [1.82, 2.24) is 0 Å². The van der Waals surface area contributed by atoms with Gasteiger partial charge in [-0.1, -0.05) is 274 Å². The molecule has 486 valence electrons. The van der Waals surface area contributed by atoms with Crippen LogP contribution in [0.1, 0.15) is 245 Å². The Labute approximate surface area is 528 Å². The van der Waals surface area contributed by atoms with Gasteiger partial charge in [-0.05, 0) is 128 Å². The minimum Gasteiger partial charge on any atom is -0.756 e. The highest BCUT2D eigenvalue weighted by Gasteiger charge is 2.22. The van der Waals surface area contributed by atoms with Crippen molar-refractivity contribution in [1.29, 1.82) is 0 Å². The topological polar surface area (TPSA) is 111 Å². The number of ether oxygens (including phenoxy) is 2. The summed E-state index contributed by atoms with van der Waals surface area (Å²) in [4.78, 5) is 38.0. The predicted octanol–water partition coefficient (Wildman–Crippen LogP) is 21.5. The lowest BCUT2D eigenvalue weighted by atomic mass is 10.0. The minimum absolute atomic E-state index is 0.0426. The molecule has 0 fully saturated rings. The van der Waals surface area contributed by atoms with Gasteiger partial charge in [0.05, 0.1) is 27.7 Å². The fourth-order valence-corrected chi connectivity index (χ4v) is 9.35. The van der Waals surface area contributed by atoms with Crippen LogP contribution in [0.2, 0.25) is 0 Å². The third-order valence-corrected chi connectivity index (χ3v) is 14.7. The molecule has 86 heavy (non-hydrogen) atoms. The molecule has 2 unspecified atom stereocenters. The van der Waals surface area contributed by atoms with E-state index in [9.17, 15) is 19.0 Å². The molecule has 0 rings (SSSR count). The molecule has 0 amide bonds. The number of hydrogen-bond donors (Lipinski definition) is 0. The monoisotopic (exact) mass is 1210 g/mol. The van der Waals surface area contributed by atoms with E-state index in [4.69, 9.17) is 18.5 Å². The van der Waals surface area contributed by atoms with E-state index < -0.39 is 32.5 Å². The van der Waals surface area contributed by atoms with Crippen LogP contribution >= 0.6 is 7.82 Å². The smallest absolute Gasteiger partial charge is 0.306 e. The van der Waals surface area contributed by atoms with Crippen LogP contribution in [0.15, 0.2) is 170 Å². The van der Waals surface area contributed by atoms with Crippen molar-refractivity contribution in [2.45, 2.75) is 251 Å². The molecule has 2 atom stereocenters. The fraction of sp³-hybridized carbons (Fsp3) is 0.605. The van der Waals surface area contributed by atoms with E-state index in [1.54, 1.807) is 0 Å². The van der Waals surface area contributed by atoms with Crippen LogP contribution in [-0.4, -0.2) is 70.0 Å². The molecule has 0 aliphatic rings. The first-order chi connectivity index (χ1) is 42.0. The van der Waals surface area contributed by atoms with Gasteiger partial charge in [0.25, 0.3) is 7.82 Å². The summed E-state index contributed by atoms with van der Waals surface area (Å²) in [6.45, 7) is 3.97. The second kappa shape index (κ2) is 64.8. The Morgan fingerprint density at radius 3 is 0.930 bits per heavy atom. The Kier molecular flexibility index (Phi) is 61.3. The highest BCUT2D eigenvalue weighted by molar-refractivity contribution is 7.45. The molecule has 0 bridgehead atoms. The number of phosphoric acid groups is 1. The van der Waals surface area contributed by atoms with Crippen molar-refractivity contribution >= 4 is 19.8 Å². The third kappa shape index (κ3) is 68.5. The van der Waals surface area contributed by atoms with E-state index in [2.05, 4.69) is 184 Å². The van der Waals surface area contributed by atoms with E-state index in [1.807, 2.05) is 21.1 Å². The first-order valence-corrected chi connectivity index (χ1v) is 35.3. The van der Waals surface area contributed by atoms with Crippen LogP contribution in [0.25, 0.3) is 0 Å². The number of hydrogen-bond acceptors (Lipinski definition) is 8. The van der Waals surface area contributed by atoms with Crippen LogP contribution < -0.4 is 4.89 Å². The molecule has 10 heteroatoms. The maximum atomic E-state index is 12.9. The van der Waals surface area contributed by atoms with Crippen molar-refractivity contribution in [2.75, 3.05) is 47.5 Å². The van der Waals surface area contributed by atoms with Gasteiger partial charge in [-0.2, -0.15) is 0 Å². The summed E-state index contributed by atoms with van der Waals surface area (Å²) in [5.41, 5.74) is 0. The predicted molar refractivity (Wildman–Crippen MR) is 369 cm³/mol. The van der Waals surface area contributed by atoms with Crippen molar-refractivity contribution in [3.63, 3.8) is 0 Å². The van der Waals surface area contributed by atoms with Crippen LogP contribution in [0.4, 0.5) is 0 Å². The lowest BCUT2D eigenvalue weighted by Crippen LogP contribution is -2.37. The van der Waals surface area contributed by atoms with Crippen LogP contribution in [0.5, 0.6) is 0 Å². The van der Waals surface area contributed by atoms with Crippen LogP contribution in [0, 0.1) is 0 Å². The molecule has 0 aromatic heterocycles. The van der Waals surface area contributed by atoms with Gasteiger partial charge in [0, 0.05) is 12.8 Å². The molecule has 0 aromatic rings. The van der Waals surface area contributed by atoms with Gasteiger partial charge in [-0.3, -0.25) is 14.2 Å². The number of carbonyl (C=O) groups is 2. The standard InChI is InChI=1S/C76H124NO8P/c1-6-8-10-12-14-16-18-20-22-24-26-28-29-30-31-32-33-34-35-36-37-38-39-40-41-42-43-44-45-46-47-49-51-53-55-57-59-61-63-65-67-69-76(79)85-74(73-84-86(80,81)83-71-70-77(3,4)5)72-82-75(78)68-66-64-62-60-58-56-54-52-50-48-27-25-23-21-19-17-15-13-11-9-7-2/h8-11,14-17,20-23,26-28,30-31,33-34,36-37,39-40,42-43,48,52,54,74H,6-7,12-13,18-19,24-25,29,32,35,38,41,44-47,49-51,53,55-73H2,1-5H3/b10-8-,11-9-,16-14-,17-15-,22-20-,23-21-,28-26-,31-30-,34-33-,37-36-,40-39-,43-42-,48-27-,54-52-. The van der Waals surface area contributed by atoms with Crippen molar-refractivity contribution < 1.29 is 42.1 Å². The van der Waals surface area contributed by atoms with Crippen molar-refractivity contribution in [3.05, 3.63) is 170 Å². The minimum atomic E-state index is -4.66. The van der Waals surface area contributed by atoms with Gasteiger partial charge < -0.3 is 27.9 Å². The summed E-state index contributed by atoms with van der Waals surface area (Å²) >= 11 is 0. The SMILES string of the molecule is CC/C=C\C/C=C\C/C=C\C/C=C\C/C=C\C/C=C\C/C=C\C/C=C\C/C=C\CCCCCCCCCCCCCCCC(=O)OC(COC(=O)CCCCCCC/C=C\C/C=C\C/C=C\C/C=C\C/C=C\CC)COP(=O)([O-])OCC[N+](C)(C)C. The van der Waals surface area contributed by atoms with Gasteiger partial charge in [-0.25, -0.2) is 0 Å². The average molecular weight is 1210 g/mol. The molecule has 9 nitrogen and oxygen atoms in total. The number of carbonyl (C=O) groups excluding carboxylic acids is 2. The van der Waals surface area contributed by atoms with Crippen molar-refractivity contribution in [3.8, 4) is 0 Å². The Morgan fingerprint density at radius 2 is 0.628 bits per heavy atom. The Hall–Kier alpha value is -4.63. The molecule has 0 saturated carbocycles. The number of phosphoric ester groups is 1. The zero-order chi connectivity index (χ0) is 62.6. The molecular weight excluding hydrogens is 1090 g/mol. The zero-order valence-corrected chi connectivity index (χ0v) is 56.1. The summed E-state index contributed by atoms with van der Waals surface area (Å²) in [5, 5.41) is 0. The highest BCUT2D eigenvalue weighted by atomic mass is 31.2. The molecule has 0 radical (unpaired) electrons. The first-order valence-electron chi connectivity index (χ1n) is 33.8. The summed E-state index contributed by atoms with van der Waals surface area (Å²) in [7, 11) is 1.13. The summed E-state index contributed by atoms with van der Waals surface area (Å²) in [6, 6.07) is 0. The first kappa shape index (κ1) is 81.4. The Morgan fingerprint density at radius 1 is 0.360 bits per heavy atom. The molecule has 0 aliphatic carbocycles. The van der Waals surface area contributed by atoms with Crippen LogP contribution in [-0.2, 0) is 32.7 Å². The fourth-order valence-electron chi connectivity index (χ4n) is 8.62. The van der Waals surface area contributed by atoms with Gasteiger partial charge in [-0.15, -0.1) is 0 Å². The summed E-state index contributed by atoms with van der Waals surface area (Å²) in [6.07, 6.45) is 98.5. The molecule has 0 heterocycles. The maximum Gasteiger partial charge on any atom is 0.306 e. The van der Waals surface area contributed by atoms with Crippen molar-refractivity contribution in [2.24, 2.45) is 0 Å². The van der Waals surface area contributed by atoms with Crippen LogP contribution in [0.3, 0.4) is 0 Å². The molecule has 0 aromatic carbocycles. The largest absolute Gasteiger partial charge is 0.756 e. The van der Waals surface area contributed by atoms with E-state index >= 15 is 0 Å². The second-order valence-corrected chi connectivity index (χ2v) is 24.5. The van der Waals surface area contributed by atoms with Gasteiger partial charge in [0.1, 0.15) is 19.8 Å². The number of nitrogens with zero attached hydrogens (tertiary/aromatic N) is 1. The third-order valence-electron chi connectivity index (χ3n) is 13.7. The number of unbranched alkanes of at least 4 members (excludes halogenated alkanes) is 18. The van der Waals surface area contributed by atoms with Gasteiger partial charge >= 0.3 is 11.9 Å². The van der Waals surface area contributed by atoms with Gasteiger partial charge in [0.2, 0.25) is 0 Å². The quantitative estimate of drug-likeness (QED) is 0.0195. The van der Waals surface area contributed by atoms with E-state index in [-0.39, 0.29) is 26.1 Å². The average Bonchev–Trinajstić information content (AvgIpc) is 3.70. The number of esters is 2. The lowest BCUT2D eigenvalue weighted by molar-refractivity contribution is -0.870. The number of likely N-dealkylation sites (N-methyl/N-ethyl adjacent to an activating group) is 1. The number of quaternary nitrogens is 1. The lowest BCUT2D eigenvalue weighted by Gasteiger charge is -2.28. The zero-order valence-electron chi connectivity index (χ0n) is 55.2. The van der Waals surface area contributed by atoms with E-state index in [0.717, 1.165) is 141 Å². The molecule has 0 spiro atoms. The highest BCUT2D eigenvalue weighted by Crippen LogP contribution is 2.38. The second-order valence-electron chi connectivity index (χ2n) is 23.1. The number of allylic oxidation sites excluding steroid dienone is 28. The Bertz CT molecular complexity index is 2060.